The fraction of sp³-hybridized carbons (Fsp3) is 0.217. The first-order valence-corrected chi connectivity index (χ1v) is 10.6. The van der Waals surface area contributed by atoms with E-state index in [2.05, 4.69) is 25.0 Å². The van der Waals surface area contributed by atoms with Gasteiger partial charge in [0.15, 0.2) is 11.6 Å². The molecule has 5 aromatic rings. The number of aromatic amines is 1. The molecule has 2 N–H and O–H groups in total. The predicted octanol–water partition coefficient (Wildman–Crippen LogP) is 5.03. The summed E-state index contributed by atoms with van der Waals surface area (Å²) >= 11 is 6.59. The topological polar surface area (TPSA) is 102 Å². The number of hydrogen-bond acceptors (Lipinski definition) is 6. The molecule has 10 heteroatoms. The second-order valence-electron chi connectivity index (χ2n) is 8.44. The summed E-state index contributed by atoms with van der Waals surface area (Å²) in [5.41, 5.74) is 2.15. The third kappa shape index (κ3) is 4.12. The minimum Gasteiger partial charge on any atom is -0.453 e. The first-order chi connectivity index (χ1) is 15.7. The molecule has 0 radical (unpaired) electrons. The number of H-pyrrole nitrogens is 1. The van der Waals surface area contributed by atoms with Gasteiger partial charge in [-0.3, -0.25) is 9.67 Å². The van der Waals surface area contributed by atoms with Crippen molar-refractivity contribution in [1.82, 2.24) is 29.7 Å². The fourth-order valence-corrected chi connectivity index (χ4v) is 3.81. The number of rotatable bonds is 5. The molecule has 0 atom stereocenters. The van der Waals surface area contributed by atoms with E-state index in [9.17, 15) is 9.50 Å². The summed E-state index contributed by atoms with van der Waals surface area (Å²) < 4.78 is 22.3. The number of hydrogen-bond donors (Lipinski definition) is 2. The average molecular weight is 467 g/mol. The monoisotopic (exact) mass is 466 g/mol. The molecule has 0 saturated carbocycles. The van der Waals surface area contributed by atoms with E-state index in [0.29, 0.717) is 34.6 Å². The lowest BCUT2D eigenvalue weighted by molar-refractivity contribution is 0.0577. The maximum atomic E-state index is 14.9. The van der Waals surface area contributed by atoms with Gasteiger partial charge in [-0.15, -0.1) is 0 Å². The van der Waals surface area contributed by atoms with Gasteiger partial charge in [0.2, 0.25) is 0 Å². The van der Waals surface area contributed by atoms with E-state index in [1.807, 2.05) is 0 Å². The molecule has 0 aliphatic heterocycles. The van der Waals surface area contributed by atoms with Crippen molar-refractivity contribution >= 4 is 33.7 Å². The number of fused-ring (bicyclic) bond motifs is 2. The molecule has 3 heterocycles. The summed E-state index contributed by atoms with van der Waals surface area (Å²) in [7, 11) is 0. The Morgan fingerprint density at radius 3 is 2.70 bits per heavy atom. The highest BCUT2D eigenvalue weighted by molar-refractivity contribution is 6.36. The molecule has 0 spiro atoms. The largest absolute Gasteiger partial charge is 0.453 e. The van der Waals surface area contributed by atoms with Gasteiger partial charge in [0.1, 0.15) is 27.6 Å². The number of benzene rings is 2. The van der Waals surface area contributed by atoms with E-state index in [0.717, 1.165) is 5.56 Å². The normalized spacial score (nSPS) is 12.1. The Bertz CT molecular complexity index is 1500. The molecular formula is C23H20ClFN6O2. The van der Waals surface area contributed by atoms with Crippen LogP contribution >= 0.6 is 11.6 Å². The van der Waals surface area contributed by atoms with Crippen LogP contribution in [0.2, 0.25) is 5.02 Å². The van der Waals surface area contributed by atoms with Crippen molar-refractivity contribution in [3.63, 3.8) is 0 Å². The molecule has 0 bridgehead atoms. The Hall–Kier alpha value is -3.56. The Balaban J connectivity index is 1.50. The fourth-order valence-electron chi connectivity index (χ4n) is 3.57. The summed E-state index contributed by atoms with van der Waals surface area (Å²) in [6.45, 7) is 5.50. The molecule has 33 heavy (non-hydrogen) atoms. The summed E-state index contributed by atoms with van der Waals surface area (Å²) in [6.07, 6.45) is 5.04. The van der Waals surface area contributed by atoms with Gasteiger partial charge in [-0.1, -0.05) is 11.6 Å². The van der Waals surface area contributed by atoms with E-state index in [-0.39, 0.29) is 22.0 Å². The van der Waals surface area contributed by atoms with E-state index in [1.54, 1.807) is 62.2 Å². The first kappa shape index (κ1) is 21.3. The SMILES string of the molecule is Cc1nc2c(F)c(Oc3ccc4ncc(-c5cnn(CC(C)(C)O)c5)nc4c3Cl)ccc2[nH]1. The number of halogens is 2. The van der Waals surface area contributed by atoms with Crippen molar-refractivity contribution in [2.45, 2.75) is 32.9 Å². The van der Waals surface area contributed by atoms with Crippen LogP contribution in [0.4, 0.5) is 4.39 Å². The van der Waals surface area contributed by atoms with Crippen molar-refractivity contribution in [1.29, 1.82) is 0 Å². The maximum Gasteiger partial charge on any atom is 0.193 e. The highest BCUT2D eigenvalue weighted by Crippen LogP contribution is 2.37. The van der Waals surface area contributed by atoms with Crippen molar-refractivity contribution < 1.29 is 14.2 Å². The molecule has 0 amide bonds. The Morgan fingerprint density at radius 2 is 1.91 bits per heavy atom. The standard InChI is InChI=1S/C23H20ClFN6O2/c1-12-28-15-5-7-18(20(25)22(15)29-12)33-17-6-4-14-21(19(17)24)30-16(9-26-14)13-8-27-31(10-13)11-23(2,3)32/h4-10,32H,11H2,1-3H3,(H,28,29). The summed E-state index contributed by atoms with van der Waals surface area (Å²) in [5, 5.41) is 14.5. The van der Waals surface area contributed by atoms with Gasteiger partial charge < -0.3 is 14.8 Å². The number of nitrogens with zero attached hydrogens (tertiary/aromatic N) is 5. The van der Waals surface area contributed by atoms with Gasteiger partial charge in [-0.25, -0.2) is 14.4 Å². The van der Waals surface area contributed by atoms with Crippen LogP contribution < -0.4 is 4.74 Å². The van der Waals surface area contributed by atoms with Gasteiger partial charge in [0.25, 0.3) is 0 Å². The van der Waals surface area contributed by atoms with E-state index >= 15 is 0 Å². The zero-order valence-electron chi connectivity index (χ0n) is 18.1. The summed E-state index contributed by atoms with van der Waals surface area (Å²) in [6, 6.07) is 6.56. The molecule has 8 nitrogen and oxygen atoms in total. The molecular weight excluding hydrogens is 447 g/mol. The van der Waals surface area contributed by atoms with Gasteiger partial charge in [0.05, 0.1) is 41.3 Å². The van der Waals surface area contributed by atoms with Crippen molar-refractivity contribution in [2.24, 2.45) is 0 Å². The third-order valence-electron chi connectivity index (χ3n) is 4.99. The van der Waals surface area contributed by atoms with Crippen LogP contribution in [-0.2, 0) is 6.54 Å². The van der Waals surface area contributed by atoms with Crippen molar-refractivity contribution in [3.8, 4) is 22.8 Å². The number of aromatic nitrogens is 6. The first-order valence-electron chi connectivity index (χ1n) is 10.2. The molecule has 0 fully saturated rings. The van der Waals surface area contributed by atoms with Crippen LogP contribution in [0.5, 0.6) is 11.5 Å². The van der Waals surface area contributed by atoms with Gasteiger partial charge in [-0.2, -0.15) is 5.10 Å². The Labute approximate surface area is 193 Å². The number of nitrogens with one attached hydrogen (secondary N) is 1. The highest BCUT2D eigenvalue weighted by Gasteiger charge is 2.18. The van der Waals surface area contributed by atoms with Crippen LogP contribution in [0, 0.1) is 12.7 Å². The molecule has 3 aromatic heterocycles. The number of aryl methyl sites for hydroxylation is 1. The minimum atomic E-state index is -0.902. The van der Waals surface area contributed by atoms with Crippen molar-refractivity contribution in [3.05, 3.63) is 59.5 Å². The molecule has 5 rings (SSSR count). The zero-order valence-corrected chi connectivity index (χ0v) is 18.9. The van der Waals surface area contributed by atoms with E-state index in [1.165, 1.54) is 6.07 Å². The van der Waals surface area contributed by atoms with E-state index < -0.39 is 11.4 Å². The summed E-state index contributed by atoms with van der Waals surface area (Å²) in [5.74, 6) is 0.289. The lowest BCUT2D eigenvalue weighted by Crippen LogP contribution is -2.26. The minimum absolute atomic E-state index is 0.00672. The number of ether oxygens (including phenoxy) is 1. The van der Waals surface area contributed by atoms with Crippen LogP contribution in [0.1, 0.15) is 19.7 Å². The summed E-state index contributed by atoms with van der Waals surface area (Å²) in [4.78, 5) is 16.2. The van der Waals surface area contributed by atoms with Gasteiger partial charge >= 0.3 is 0 Å². The zero-order chi connectivity index (χ0) is 23.3. The van der Waals surface area contributed by atoms with Crippen molar-refractivity contribution in [2.75, 3.05) is 0 Å². The van der Waals surface area contributed by atoms with Gasteiger partial charge in [0, 0.05) is 11.8 Å². The molecule has 0 aliphatic carbocycles. The molecule has 0 unspecified atom stereocenters. The lowest BCUT2D eigenvalue weighted by Gasteiger charge is -2.16. The van der Waals surface area contributed by atoms with Crippen LogP contribution in [0.3, 0.4) is 0 Å². The quantitative estimate of drug-likeness (QED) is 0.376. The number of aliphatic hydroxyl groups is 1. The Kier molecular flexibility index (Phi) is 5.02. The average Bonchev–Trinajstić information content (AvgIpc) is 3.37. The Morgan fingerprint density at radius 1 is 1.12 bits per heavy atom. The van der Waals surface area contributed by atoms with Crippen LogP contribution in [0.25, 0.3) is 33.3 Å². The second kappa shape index (κ2) is 7.79. The molecule has 168 valence electrons. The van der Waals surface area contributed by atoms with Crippen LogP contribution in [-0.4, -0.2) is 40.4 Å². The molecule has 2 aromatic carbocycles. The smallest absolute Gasteiger partial charge is 0.193 e. The third-order valence-corrected chi connectivity index (χ3v) is 5.36. The van der Waals surface area contributed by atoms with E-state index in [4.69, 9.17) is 16.3 Å². The predicted molar refractivity (Wildman–Crippen MR) is 123 cm³/mol. The van der Waals surface area contributed by atoms with Gasteiger partial charge in [-0.05, 0) is 45.0 Å². The lowest BCUT2D eigenvalue weighted by atomic mass is 10.1. The maximum absolute atomic E-state index is 14.9. The molecule has 0 saturated heterocycles. The number of imidazole rings is 1. The van der Waals surface area contributed by atoms with Crippen LogP contribution in [0.15, 0.2) is 42.9 Å². The highest BCUT2D eigenvalue weighted by atomic mass is 35.5. The molecule has 0 aliphatic rings. The second-order valence-corrected chi connectivity index (χ2v) is 8.82.